The molecule has 0 fully saturated rings. The summed E-state index contributed by atoms with van der Waals surface area (Å²) in [5.41, 5.74) is 5.55. The van der Waals surface area contributed by atoms with Crippen LogP contribution in [0.4, 0.5) is 0 Å². The molecule has 0 radical (unpaired) electrons. The molecule has 0 saturated heterocycles. The Morgan fingerprint density at radius 1 is 1.79 bits per heavy atom. The van der Waals surface area contributed by atoms with Crippen molar-refractivity contribution in [1.82, 2.24) is 14.9 Å². The highest BCUT2D eigenvalue weighted by Crippen LogP contribution is 1.94. The molecule has 14 heavy (non-hydrogen) atoms. The van der Waals surface area contributed by atoms with Gasteiger partial charge in [-0.2, -0.15) is 0 Å². The second-order valence-corrected chi connectivity index (χ2v) is 3.19. The molecule has 0 spiro atoms. The second-order valence-electron chi connectivity index (χ2n) is 3.19. The van der Waals surface area contributed by atoms with Crippen LogP contribution in [0.3, 0.4) is 0 Å². The van der Waals surface area contributed by atoms with Gasteiger partial charge in [0.25, 0.3) is 0 Å². The maximum Gasteiger partial charge on any atom is 0.237 e. The third kappa shape index (κ3) is 2.56. The fourth-order valence-corrected chi connectivity index (χ4v) is 1.05. The largest absolute Gasteiger partial charge is 0.348 e. The van der Waals surface area contributed by atoms with Crippen molar-refractivity contribution in [1.29, 1.82) is 0 Å². The minimum atomic E-state index is -0.421. The SMILES string of the molecule is CCC(N)C(=O)NCc1nccn1C. The Balaban J connectivity index is 2.41. The number of aryl methyl sites for hydroxylation is 1. The number of nitrogens with one attached hydrogen (secondary N) is 1. The van der Waals surface area contributed by atoms with Crippen LogP contribution in [-0.2, 0) is 18.4 Å². The zero-order valence-corrected chi connectivity index (χ0v) is 8.53. The number of rotatable bonds is 4. The van der Waals surface area contributed by atoms with Crippen LogP contribution in [0, 0.1) is 0 Å². The zero-order valence-electron chi connectivity index (χ0n) is 8.53. The van der Waals surface area contributed by atoms with Gasteiger partial charge in [0.15, 0.2) is 0 Å². The predicted molar refractivity (Wildman–Crippen MR) is 53.3 cm³/mol. The van der Waals surface area contributed by atoms with Gasteiger partial charge in [-0.3, -0.25) is 4.79 Å². The minimum Gasteiger partial charge on any atom is -0.348 e. The first-order valence-corrected chi connectivity index (χ1v) is 4.64. The topological polar surface area (TPSA) is 72.9 Å². The van der Waals surface area contributed by atoms with E-state index in [-0.39, 0.29) is 5.91 Å². The van der Waals surface area contributed by atoms with Gasteiger partial charge in [0.05, 0.1) is 12.6 Å². The first-order valence-electron chi connectivity index (χ1n) is 4.64. The maximum absolute atomic E-state index is 11.3. The van der Waals surface area contributed by atoms with Gasteiger partial charge >= 0.3 is 0 Å². The normalized spacial score (nSPS) is 12.5. The molecule has 0 bridgehead atoms. The van der Waals surface area contributed by atoms with E-state index in [4.69, 9.17) is 5.73 Å². The molecule has 5 heteroatoms. The summed E-state index contributed by atoms with van der Waals surface area (Å²) in [4.78, 5) is 15.4. The van der Waals surface area contributed by atoms with Crippen LogP contribution in [0.25, 0.3) is 0 Å². The van der Waals surface area contributed by atoms with Gasteiger partial charge in [0.2, 0.25) is 5.91 Å². The standard InChI is InChI=1S/C9H16N4O/c1-3-7(10)9(14)12-6-8-11-4-5-13(8)2/h4-5,7H,3,6,10H2,1-2H3,(H,12,14). The molecule has 1 heterocycles. The van der Waals surface area contributed by atoms with Gasteiger partial charge in [-0.25, -0.2) is 4.98 Å². The molecule has 3 N–H and O–H groups in total. The molecule has 1 aromatic rings. The molecule has 78 valence electrons. The van der Waals surface area contributed by atoms with E-state index >= 15 is 0 Å². The molecular weight excluding hydrogens is 180 g/mol. The average Bonchev–Trinajstić information content (AvgIpc) is 2.59. The number of imidazole rings is 1. The Hall–Kier alpha value is -1.36. The lowest BCUT2D eigenvalue weighted by Crippen LogP contribution is -2.40. The first-order chi connectivity index (χ1) is 6.65. The van der Waals surface area contributed by atoms with Gasteiger partial charge in [-0.05, 0) is 6.42 Å². The molecule has 1 unspecified atom stereocenters. The van der Waals surface area contributed by atoms with E-state index in [1.807, 2.05) is 24.7 Å². The number of aromatic nitrogens is 2. The molecule has 0 aliphatic rings. The summed E-state index contributed by atoms with van der Waals surface area (Å²) in [7, 11) is 1.88. The van der Waals surface area contributed by atoms with Crippen LogP contribution < -0.4 is 11.1 Å². The lowest BCUT2D eigenvalue weighted by Gasteiger charge is -2.09. The third-order valence-corrected chi connectivity index (χ3v) is 2.12. The van der Waals surface area contributed by atoms with Crippen LogP contribution in [-0.4, -0.2) is 21.5 Å². The Kier molecular flexibility index (Phi) is 3.64. The van der Waals surface area contributed by atoms with Gasteiger partial charge in [0, 0.05) is 19.4 Å². The Morgan fingerprint density at radius 3 is 3.00 bits per heavy atom. The van der Waals surface area contributed by atoms with Crippen LogP contribution in [0.15, 0.2) is 12.4 Å². The van der Waals surface area contributed by atoms with Crippen molar-refractivity contribution in [3.8, 4) is 0 Å². The number of amides is 1. The van der Waals surface area contributed by atoms with Gasteiger partial charge in [0.1, 0.15) is 5.82 Å². The molecule has 0 aliphatic heterocycles. The van der Waals surface area contributed by atoms with E-state index in [9.17, 15) is 4.79 Å². The van der Waals surface area contributed by atoms with Crippen molar-refractivity contribution in [2.45, 2.75) is 25.9 Å². The smallest absolute Gasteiger partial charge is 0.237 e. The van der Waals surface area contributed by atoms with Crippen molar-refractivity contribution in [3.63, 3.8) is 0 Å². The van der Waals surface area contributed by atoms with Crippen LogP contribution in [0.1, 0.15) is 19.2 Å². The van der Waals surface area contributed by atoms with Crippen molar-refractivity contribution >= 4 is 5.91 Å². The number of nitrogens with two attached hydrogens (primary N) is 1. The fraction of sp³-hybridized carbons (Fsp3) is 0.556. The molecule has 0 saturated carbocycles. The molecule has 5 nitrogen and oxygen atoms in total. The van der Waals surface area contributed by atoms with E-state index in [1.54, 1.807) is 6.20 Å². The lowest BCUT2D eigenvalue weighted by atomic mass is 10.2. The summed E-state index contributed by atoms with van der Waals surface area (Å²) >= 11 is 0. The molecule has 0 aromatic carbocycles. The highest BCUT2D eigenvalue weighted by atomic mass is 16.2. The molecular formula is C9H16N4O. The van der Waals surface area contributed by atoms with Crippen molar-refractivity contribution in [2.75, 3.05) is 0 Å². The van der Waals surface area contributed by atoms with E-state index in [0.717, 1.165) is 5.82 Å². The third-order valence-electron chi connectivity index (χ3n) is 2.12. The molecule has 1 amide bonds. The first kappa shape index (κ1) is 10.7. The summed E-state index contributed by atoms with van der Waals surface area (Å²) < 4.78 is 1.86. The highest BCUT2D eigenvalue weighted by molar-refractivity contribution is 5.81. The fourth-order valence-electron chi connectivity index (χ4n) is 1.05. The van der Waals surface area contributed by atoms with E-state index < -0.39 is 6.04 Å². The quantitative estimate of drug-likeness (QED) is 0.699. The highest BCUT2D eigenvalue weighted by Gasteiger charge is 2.10. The van der Waals surface area contributed by atoms with E-state index in [2.05, 4.69) is 10.3 Å². The number of carbonyl (C=O) groups excluding carboxylic acids is 1. The number of hydrogen-bond donors (Lipinski definition) is 2. The van der Waals surface area contributed by atoms with E-state index in [1.165, 1.54) is 0 Å². The summed E-state index contributed by atoms with van der Waals surface area (Å²) in [6.45, 7) is 2.31. The second kappa shape index (κ2) is 4.76. The lowest BCUT2D eigenvalue weighted by molar-refractivity contribution is -0.122. The minimum absolute atomic E-state index is 0.129. The molecule has 1 rings (SSSR count). The Morgan fingerprint density at radius 2 is 2.50 bits per heavy atom. The van der Waals surface area contributed by atoms with Crippen molar-refractivity contribution < 1.29 is 4.79 Å². The van der Waals surface area contributed by atoms with Crippen LogP contribution in [0.2, 0.25) is 0 Å². The Labute approximate surface area is 83.3 Å². The molecule has 1 aromatic heterocycles. The van der Waals surface area contributed by atoms with Gasteiger partial charge in [-0.15, -0.1) is 0 Å². The van der Waals surface area contributed by atoms with Gasteiger partial charge < -0.3 is 15.6 Å². The average molecular weight is 196 g/mol. The van der Waals surface area contributed by atoms with Crippen LogP contribution in [0.5, 0.6) is 0 Å². The Bertz CT molecular complexity index is 308. The zero-order chi connectivity index (χ0) is 10.6. The summed E-state index contributed by atoms with van der Waals surface area (Å²) in [6.07, 6.45) is 4.18. The molecule has 0 aliphatic carbocycles. The summed E-state index contributed by atoms with van der Waals surface area (Å²) in [6, 6.07) is -0.421. The summed E-state index contributed by atoms with van der Waals surface area (Å²) in [5.74, 6) is 0.692. The van der Waals surface area contributed by atoms with Crippen molar-refractivity contribution in [2.24, 2.45) is 12.8 Å². The van der Waals surface area contributed by atoms with Gasteiger partial charge in [-0.1, -0.05) is 6.92 Å². The number of nitrogens with zero attached hydrogens (tertiary/aromatic N) is 2. The van der Waals surface area contributed by atoms with E-state index in [0.29, 0.717) is 13.0 Å². The molecule has 1 atom stereocenters. The van der Waals surface area contributed by atoms with Crippen molar-refractivity contribution in [3.05, 3.63) is 18.2 Å². The summed E-state index contributed by atoms with van der Waals surface area (Å²) in [5, 5.41) is 2.73. The predicted octanol–water partition coefficient (Wildman–Crippen LogP) is -0.226. The number of hydrogen-bond acceptors (Lipinski definition) is 3. The monoisotopic (exact) mass is 196 g/mol. The van der Waals surface area contributed by atoms with Crippen LogP contribution >= 0.6 is 0 Å². The number of carbonyl (C=O) groups is 1. The maximum atomic E-state index is 11.3.